The molecule has 2 aromatic rings. The van der Waals surface area contributed by atoms with E-state index in [4.69, 9.17) is 16.7 Å². The van der Waals surface area contributed by atoms with Gasteiger partial charge in [-0.1, -0.05) is 11.6 Å². The number of aryl methyl sites for hydroxylation is 1. The lowest BCUT2D eigenvalue weighted by Crippen LogP contribution is -2.03. The van der Waals surface area contributed by atoms with Crippen molar-refractivity contribution in [3.63, 3.8) is 0 Å². The number of carbonyl (C=O) groups is 1. The van der Waals surface area contributed by atoms with Crippen LogP contribution in [0.2, 0.25) is 5.02 Å². The van der Waals surface area contributed by atoms with Crippen molar-refractivity contribution in [3.05, 3.63) is 52.2 Å². The first-order chi connectivity index (χ1) is 9.36. The monoisotopic (exact) mass is 298 g/mol. The van der Waals surface area contributed by atoms with E-state index in [2.05, 4.69) is 10.3 Å². The molecule has 0 spiro atoms. The second-order valence-corrected chi connectivity index (χ2v) is 4.46. The Balaban J connectivity index is 2.42. The Labute approximate surface area is 118 Å². The molecule has 0 radical (unpaired) electrons. The van der Waals surface area contributed by atoms with E-state index >= 15 is 0 Å². The molecule has 4 nitrogen and oxygen atoms in total. The molecule has 2 rings (SSSR count). The Hall–Kier alpha value is -2.21. The number of hydrogen-bond donors (Lipinski definition) is 2. The highest BCUT2D eigenvalue weighted by molar-refractivity contribution is 6.33. The van der Waals surface area contributed by atoms with Crippen LogP contribution < -0.4 is 5.32 Å². The number of anilines is 2. The number of nitrogens with zero attached hydrogens (tertiary/aromatic N) is 1. The van der Waals surface area contributed by atoms with E-state index in [9.17, 15) is 13.6 Å². The maximum absolute atomic E-state index is 13.6. The van der Waals surface area contributed by atoms with Gasteiger partial charge in [-0.15, -0.1) is 0 Å². The summed E-state index contributed by atoms with van der Waals surface area (Å²) in [5.74, 6) is -2.73. The Morgan fingerprint density at radius 3 is 2.60 bits per heavy atom. The van der Waals surface area contributed by atoms with Crippen molar-refractivity contribution in [1.29, 1.82) is 0 Å². The third-order valence-electron chi connectivity index (χ3n) is 2.46. The predicted octanol–water partition coefficient (Wildman–Crippen LogP) is 3.76. The highest BCUT2D eigenvalue weighted by atomic mass is 35.5. The van der Waals surface area contributed by atoms with E-state index in [0.717, 1.165) is 6.07 Å². The second kappa shape index (κ2) is 5.42. The average Bonchev–Trinajstić information content (AvgIpc) is 2.33. The summed E-state index contributed by atoms with van der Waals surface area (Å²) in [6, 6.07) is 4.22. The third kappa shape index (κ3) is 3.03. The van der Waals surface area contributed by atoms with E-state index < -0.39 is 17.6 Å². The number of hydrogen-bond acceptors (Lipinski definition) is 3. The van der Waals surface area contributed by atoms with Gasteiger partial charge in [0, 0.05) is 11.8 Å². The first kappa shape index (κ1) is 14.2. The normalized spacial score (nSPS) is 10.4. The smallest absolute Gasteiger partial charge is 0.335 e. The van der Waals surface area contributed by atoms with E-state index in [1.807, 2.05) is 0 Å². The second-order valence-electron chi connectivity index (χ2n) is 4.06. The van der Waals surface area contributed by atoms with Crippen LogP contribution in [-0.4, -0.2) is 16.1 Å². The lowest BCUT2D eigenvalue weighted by molar-refractivity contribution is 0.0696. The largest absolute Gasteiger partial charge is 0.478 e. The molecule has 1 aromatic heterocycles. The fourth-order valence-electron chi connectivity index (χ4n) is 1.65. The molecule has 0 aliphatic carbocycles. The van der Waals surface area contributed by atoms with Gasteiger partial charge in [-0.05, 0) is 25.1 Å². The van der Waals surface area contributed by atoms with Crippen LogP contribution in [-0.2, 0) is 0 Å². The molecular weight excluding hydrogens is 290 g/mol. The van der Waals surface area contributed by atoms with Crippen molar-refractivity contribution in [3.8, 4) is 0 Å². The van der Waals surface area contributed by atoms with Crippen LogP contribution >= 0.6 is 11.6 Å². The predicted molar refractivity (Wildman–Crippen MR) is 70.6 cm³/mol. The number of halogens is 3. The SMILES string of the molecule is Cc1cc(C(=O)O)cc(Nc2c(F)cc(F)cc2Cl)n1. The van der Waals surface area contributed by atoms with Crippen LogP contribution in [0, 0.1) is 18.6 Å². The van der Waals surface area contributed by atoms with Gasteiger partial charge in [-0.25, -0.2) is 18.6 Å². The first-order valence-electron chi connectivity index (χ1n) is 5.50. The molecule has 0 unspecified atom stereocenters. The van der Waals surface area contributed by atoms with Crippen LogP contribution in [0.25, 0.3) is 0 Å². The van der Waals surface area contributed by atoms with E-state index in [-0.39, 0.29) is 22.1 Å². The molecule has 0 saturated carbocycles. The van der Waals surface area contributed by atoms with Gasteiger partial charge >= 0.3 is 5.97 Å². The summed E-state index contributed by atoms with van der Waals surface area (Å²) >= 11 is 5.74. The summed E-state index contributed by atoms with van der Waals surface area (Å²) < 4.78 is 26.6. The number of benzene rings is 1. The van der Waals surface area contributed by atoms with Crippen molar-refractivity contribution in [2.45, 2.75) is 6.92 Å². The molecule has 0 saturated heterocycles. The minimum Gasteiger partial charge on any atom is -0.478 e. The summed E-state index contributed by atoms with van der Waals surface area (Å²) in [5, 5.41) is 11.3. The molecule has 0 aliphatic rings. The van der Waals surface area contributed by atoms with E-state index in [1.165, 1.54) is 12.1 Å². The fourth-order valence-corrected chi connectivity index (χ4v) is 1.89. The molecule has 0 fully saturated rings. The number of aromatic nitrogens is 1. The van der Waals surface area contributed by atoms with Crippen molar-refractivity contribution in [2.24, 2.45) is 0 Å². The Morgan fingerprint density at radius 1 is 1.30 bits per heavy atom. The molecular formula is C13H9ClF2N2O2. The lowest BCUT2D eigenvalue weighted by Gasteiger charge is -2.10. The highest BCUT2D eigenvalue weighted by Crippen LogP contribution is 2.29. The maximum atomic E-state index is 13.6. The topological polar surface area (TPSA) is 62.2 Å². The zero-order chi connectivity index (χ0) is 14.9. The third-order valence-corrected chi connectivity index (χ3v) is 2.76. The van der Waals surface area contributed by atoms with Crippen molar-refractivity contribution >= 4 is 29.1 Å². The minimum atomic E-state index is -1.13. The fraction of sp³-hybridized carbons (Fsp3) is 0.0769. The van der Waals surface area contributed by atoms with Crippen molar-refractivity contribution < 1.29 is 18.7 Å². The molecule has 0 amide bonds. The van der Waals surface area contributed by atoms with Gasteiger partial charge in [-0.3, -0.25) is 0 Å². The highest BCUT2D eigenvalue weighted by Gasteiger charge is 2.12. The lowest BCUT2D eigenvalue weighted by atomic mass is 10.2. The molecule has 1 aromatic carbocycles. The number of carboxylic acids is 1. The molecule has 7 heteroatoms. The van der Waals surface area contributed by atoms with Crippen molar-refractivity contribution in [2.75, 3.05) is 5.32 Å². The zero-order valence-corrected chi connectivity index (χ0v) is 11.0. The van der Waals surface area contributed by atoms with Crippen LogP contribution in [0.1, 0.15) is 16.1 Å². The summed E-state index contributed by atoms with van der Waals surface area (Å²) in [7, 11) is 0. The van der Waals surface area contributed by atoms with Gasteiger partial charge in [-0.2, -0.15) is 0 Å². The Bertz CT molecular complexity index is 669. The van der Waals surface area contributed by atoms with Crippen molar-refractivity contribution in [1.82, 2.24) is 4.98 Å². The number of pyridine rings is 1. The van der Waals surface area contributed by atoms with Gasteiger partial charge < -0.3 is 10.4 Å². The van der Waals surface area contributed by atoms with E-state index in [0.29, 0.717) is 11.8 Å². The number of aromatic carboxylic acids is 1. The van der Waals surface area contributed by atoms with Crippen LogP contribution in [0.5, 0.6) is 0 Å². The first-order valence-corrected chi connectivity index (χ1v) is 5.88. The quantitative estimate of drug-likeness (QED) is 0.905. The number of nitrogens with one attached hydrogen (secondary N) is 1. The zero-order valence-electron chi connectivity index (χ0n) is 10.2. The molecule has 2 N–H and O–H groups in total. The number of carboxylic acid groups (broad SMARTS) is 1. The van der Waals surface area contributed by atoms with Gasteiger partial charge in [0.05, 0.1) is 16.3 Å². The van der Waals surface area contributed by atoms with E-state index in [1.54, 1.807) is 6.92 Å². The molecule has 0 bridgehead atoms. The summed E-state index contributed by atoms with van der Waals surface area (Å²) in [5.41, 5.74) is 0.271. The van der Waals surface area contributed by atoms with Gasteiger partial charge in [0.2, 0.25) is 0 Å². The molecule has 20 heavy (non-hydrogen) atoms. The Morgan fingerprint density at radius 2 is 2.00 bits per heavy atom. The van der Waals surface area contributed by atoms with Crippen LogP contribution in [0.15, 0.2) is 24.3 Å². The molecule has 1 heterocycles. The molecule has 0 aliphatic heterocycles. The Kier molecular flexibility index (Phi) is 3.85. The van der Waals surface area contributed by atoms with Gasteiger partial charge in [0.1, 0.15) is 11.6 Å². The maximum Gasteiger partial charge on any atom is 0.335 e. The summed E-state index contributed by atoms with van der Waals surface area (Å²) in [6.07, 6.45) is 0. The van der Waals surface area contributed by atoms with Crippen LogP contribution in [0.3, 0.4) is 0 Å². The van der Waals surface area contributed by atoms with Gasteiger partial charge in [0.15, 0.2) is 5.82 Å². The number of rotatable bonds is 3. The van der Waals surface area contributed by atoms with Crippen LogP contribution in [0.4, 0.5) is 20.3 Å². The average molecular weight is 299 g/mol. The minimum absolute atomic E-state index is 0.00126. The summed E-state index contributed by atoms with van der Waals surface area (Å²) in [4.78, 5) is 15.0. The molecule has 0 atom stereocenters. The van der Waals surface area contributed by atoms with Gasteiger partial charge in [0.25, 0.3) is 0 Å². The summed E-state index contributed by atoms with van der Waals surface area (Å²) in [6.45, 7) is 1.60. The molecule has 104 valence electrons. The standard InChI is InChI=1S/C13H9ClF2N2O2/c1-6-2-7(13(19)20)3-11(17-6)18-12-9(14)4-8(15)5-10(12)16/h2-5H,1H3,(H,17,18)(H,19,20).